The van der Waals surface area contributed by atoms with Crippen LogP contribution in [-0.2, 0) is 6.54 Å². The van der Waals surface area contributed by atoms with Gasteiger partial charge < -0.3 is 9.88 Å². The predicted molar refractivity (Wildman–Crippen MR) is 79.4 cm³/mol. The van der Waals surface area contributed by atoms with Crippen LogP contribution in [0.4, 0.5) is 9.93 Å². The predicted octanol–water partition coefficient (Wildman–Crippen LogP) is 1.77. The van der Waals surface area contributed by atoms with Crippen molar-refractivity contribution in [2.24, 2.45) is 0 Å². The summed E-state index contributed by atoms with van der Waals surface area (Å²) < 4.78 is 4.24. The first-order valence-electron chi connectivity index (χ1n) is 6.66. The maximum absolute atomic E-state index is 12.1. The summed E-state index contributed by atoms with van der Waals surface area (Å²) in [6.07, 6.45) is 2.26. The van der Waals surface area contributed by atoms with Crippen molar-refractivity contribution < 1.29 is 4.79 Å². The number of rotatable bonds is 4. The van der Waals surface area contributed by atoms with Crippen LogP contribution in [0.2, 0.25) is 0 Å². The molecule has 1 saturated carbocycles. The number of nitrogens with one attached hydrogen (secondary N) is 2. The van der Waals surface area contributed by atoms with Crippen LogP contribution in [-0.4, -0.2) is 32.3 Å². The third kappa shape index (κ3) is 3.46. The molecule has 0 aliphatic heterocycles. The van der Waals surface area contributed by atoms with Gasteiger partial charge in [0.1, 0.15) is 5.82 Å². The fraction of sp³-hybridized carbons (Fsp3) is 0.385. The first-order chi connectivity index (χ1) is 10.1. The number of carbonyl (C=O) groups is 1. The fourth-order valence-corrected chi connectivity index (χ4v) is 2.53. The topological polar surface area (TPSA) is 91.0 Å². The Kier molecular flexibility index (Phi) is 3.70. The lowest BCUT2D eigenvalue weighted by atomic mass is 10.3. The van der Waals surface area contributed by atoms with Gasteiger partial charge in [-0.15, -0.1) is 0 Å². The summed E-state index contributed by atoms with van der Waals surface area (Å²) in [6, 6.07) is 4.58. The number of nitrogens with zero attached hydrogens (tertiary/aromatic N) is 3. The van der Waals surface area contributed by atoms with Gasteiger partial charge >= 0.3 is 6.03 Å². The molecule has 8 heteroatoms. The van der Waals surface area contributed by atoms with Gasteiger partial charge in [-0.25, -0.2) is 9.78 Å². The van der Waals surface area contributed by atoms with Crippen LogP contribution in [0, 0.1) is 0 Å². The van der Waals surface area contributed by atoms with E-state index in [4.69, 9.17) is 0 Å². The molecule has 0 saturated heterocycles. The molecule has 0 atom stereocenters. The Morgan fingerprint density at radius 3 is 3.05 bits per heavy atom. The number of anilines is 1. The molecular formula is C13H15N5O2S. The standard InChI is InChI=1S/C13H15N5O2S/c1-18(7-9-3-2-4-10(19)14-9)13(20)16-12-15-11(17-21-12)8-5-6-8/h2-4,8H,5-7H2,1H3,(H,14,19)(H,15,16,17,20). The normalized spacial score (nSPS) is 14.0. The minimum atomic E-state index is -0.279. The molecule has 2 aromatic rings. The van der Waals surface area contributed by atoms with E-state index in [1.165, 1.54) is 22.5 Å². The molecule has 0 spiro atoms. The van der Waals surface area contributed by atoms with Crippen molar-refractivity contribution in [2.45, 2.75) is 25.3 Å². The highest BCUT2D eigenvalue weighted by atomic mass is 32.1. The summed E-state index contributed by atoms with van der Waals surface area (Å²) >= 11 is 1.19. The lowest BCUT2D eigenvalue weighted by Crippen LogP contribution is -2.31. The van der Waals surface area contributed by atoms with Crippen LogP contribution in [0.1, 0.15) is 30.3 Å². The molecule has 7 nitrogen and oxygen atoms in total. The van der Waals surface area contributed by atoms with Crippen LogP contribution >= 0.6 is 11.5 Å². The molecule has 110 valence electrons. The van der Waals surface area contributed by atoms with E-state index in [1.807, 2.05) is 0 Å². The average molecular weight is 305 g/mol. The number of pyridine rings is 1. The van der Waals surface area contributed by atoms with Crippen LogP contribution in [0.3, 0.4) is 0 Å². The smallest absolute Gasteiger partial charge is 0.323 e. The van der Waals surface area contributed by atoms with Gasteiger partial charge in [-0.2, -0.15) is 4.37 Å². The van der Waals surface area contributed by atoms with Crippen molar-refractivity contribution in [3.05, 3.63) is 40.1 Å². The van der Waals surface area contributed by atoms with Crippen LogP contribution in [0.5, 0.6) is 0 Å². The van der Waals surface area contributed by atoms with Crippen LogP contribution in [0.25, 0.3) is 0 Å². The Balaban J connectivity index is 1.59. The molecule has 1 aliphatic carbocycles. The van der Waals surface area contributed by atoms with Crippen molar-refractivity contribution in [2.75, 3.05) is 12.4 Å². The molecule has 2 amide bonds. The first kappa shape index (κ1) is 13.7. The molecule has 1 aliphatic rings. The van der Waals surface area contributed by atoms with Gasteiger partial charge in [0.25, 0.3) is 0 Å². The quantitative estimate of drug-likeness (QED) is 0.900. The van der Waals surface area contributed by atoms with E-state index in [0.29, 0.717) is 23.3 Å². The minimum Gasteiger partial charge on any atom is -0.324 e. The highest BCUT2D eigenvalue weighted by Gasteiger charge is 2.28. The number of amides is 2. The number of hydrogen-bond donors (Lipinski definition) is 2. The summed E-state index contributed by atoms with van der Waals surface area (Å²) in [7, 11) is 1.66. The second-order valence-corrected chi connectivity index (χ2v) is 5.81. The Morgan fingerprint density at radius 1 is 1.52 bits per heavy atom. The van der Waals surface area contributed by atoms with Crippen LogP contribution in [0.15, 0.2) is 23.0 Å². The highest BCUT2D eigenvalue weighted by Crippen LogP contribution is 2.39. The van der Waals surface area contributed by atoms with Crippen molar-refractivity contribution in [1.29, 1.82) is 0 Å². The van der Waals surface area contributed by atoms with Gasteiger partial charge in [-0.1, -0.05) is 6.07 Å². The Hall–Kier alpha value is -2.22. The number of aromatic amines is 1. The molecule has 2 N–H and O–H groups in total. The number of hydrogen-bond acceptors (Lipinski definition) is 5. The van der Waals surface area contributed by atoms with Gasteiger partial charge in [0.15, 0.2) is 0 Å². The Labute approximate surface area is 125 Å². The van der Waals surface area contributed by atoms with Gasteiger partial charge in [0, 0.05) is 36.3 Å². The zero-order valence-corrected chi connectivity index (χ0v) is 12.3. The summed E-state index contributed by atoms with van der Waals surface area (Å²) in [4.78, 5) is 31.7. The third-order valence-corrected chi connectivity index (χ3v) is 3.83. The van der Waals surface area contributed by atoms with E-state index in [2.05, 4.69) is 19.7 Å². The Bertz CT molecular complexity index is 706. The first-order valence-corrected chi connectivity index (χ1v) is 7.43. The molecule has 3 rings (SSSR count). The Morgan fingerprint density at radius 2 is 2.33 bits per heavy atom. The molecule has 0 radical (unpaired) electrons. The van der Waals surface area contributed by atoms with Crippen molar-refractivity contribution in [3.8, 4) is 0 Å². The molecule has 0 aromatic carbocycles. The van der Waals surface area contributed by atoms with Crippen molar-refractivity contribution in [3.63, 3.8) is 0 Å². The number of carbonyl (C=O) groups excluding carboxylic acids is 1. The van der Waals surface area contributed by atoms with Gasteiger partial charge in [-0.05, 0) is 18.9 Å². The van der Waals surface area contributed by atoms with E-state index in [-0.39, 0.29) is 11.6 Å². The van der Waals surface area contributed by atoms with Crippen molar-refractivity contribution in [1.82, 2.24) is 19.2 Å². The zero-order valence-electron chi connectivity index (χ0n) is 11.5. The summed E-state index contributed by atoms with van der Waals surface area (Å²) in [6.45, 7) is 0.316. The zero-order chi connectivity index (χ0) is 14.8. The van der Waals surface area contributed by atoms with Crippen molar-refractivity contribution >= 4 is 22.7 Å². The maximum atomic E-state index is 12.1. The molecule has 0 unspecified atom stereocenters. The third-order valence-electron chi connectivity index (χ3n) is 3.18. The van der Waals surface area contributed by atoms with E-state index in [9.17, 15) is 9.59 Å². The lowest BCUT2D eigenvalue weighted by molar-refractivity contribution is 0.220. The maximum Gasteiger partial charge on any atom is 0.323 e. The SMILES string of the molecule is CN(Cc1cccc(=O)[nH]1)C(=O)Nc1nc(C2CC2)ns1. The summed E-state index contributed by atoms with van der Waals surface area (Å²) in [5.41, 5.74) is 0.496. The molecule has 0 bridgehead atoms. The monoisotopic (exact) mass is 305 g/mol. The van der Waals surface area contributed by atoms with E-state index in [1.54, 1.807) is 19.2 Å². The largest absolute Gasteiger partial charge is 0.324 e. The second kappa shape index (κ2) is 5.65. The average Bonchev–Trinajstić information content (AvgIpc) is 3.19. The fourth-order valence-electron chi connectivity index (χ4n) is 1.89. The number of H-pyrrole nitrogens is 1. The highest BCUT2D eigenvalue weighted by molar-refractivity contribution is 7.09. The lowest BCUT2D eigenvalue weighted by Gasteiger charge is -2.16. The second-order valence-electron chi connectivity index (χ2n) is 5.06. The molecule has 21 heavy (non-hydrogen) atoms. The van der Waals surface area contributed by atoms with Gasteiger partial charge in [0.05, 0.1) is 6.54 Å². The van der Waals surface area contributed by atoms with Gasteiger partial charge in [-0.3, -0.25) is 10.1 Å². The molecule has 1 fully saturated rings. The number of aromatic nitrogens is 3. The number of urea groups is 1. The molecule has 2 aromatic heterocycles. The van der Waals surface area contributed by atoms with E-state index >= 15 is 0 Å². The molecule has 2 heterocycles. The van der Waals surface area contributed by atoms with E-state index in [0.717, 1.165) is 18.7 Å². The summed E-state index contributed by atoms with van der Waals surface area (Å²) in [5.74, 6) is 1.30. The molecular weight excluding hydrogens is 290 g/mol. The van der Waals surface area contributed by atoms with Gasteiger partial charge in [0.2, 0.25) is 10.7 Å². The summed E-state index contributed by atoms with van der Waals surface area (Å²) in [5, 5.41) is 3.23. The van der Waals surface area contributed by atoms with E-state index < -0.39 is 0 Å². The van der Waals surface area contributed by atoms with Crippen LogP contribution < -0.4 is 10.9 Å². The minimum absolute atomic E-state index is 0.181.